The number of ketones is 1. The summed E-state index contributed by atoms with van der Waals surface area (Å²) in [4.78, 5) is 55.7. The van der Waals surface area contributed by atoms with E-state index in [1.165, 1.54) is 25.1 Å². The molecule has 0 saturated carbocycles. The molecule has 170 valence electrons. The largest absolute Gasteiger partial charge is 0.368 e. The zero-order valence-corrected chi connectivity index (χ0v) is 18.1. The Morgan fingerprint density at radius 1 is 0.970 bits per heavy atom. The first-order valence-corrected chi connectivity index (χ1v) is 10.6. The Kier molecular flexibility index (Phi) is 6.21. The van der Waals surface area contributed by atoms with Crippen molar-refractivity contribution in [3.05, 3.63) is 98.1 Å². The molecule has 0 radical (unpaired) electrons. The van der Waals surface area contributed by atoms with Crippen LogP contribution in [0.2, 0.25) is 0 Å². The molecule has 2 heterocycles. The number of nitrogens with zero attached hydrogens (tertiary/aromatic N) is 3. The van der Waals surface area contributed by atoms with E-state index in [1.807, 2.05) is 12.1 Å². The van der Waals surface area contributed by atoms with Crippen LogP contribution >= 0.6 is 0 Å². The number of anilines is 1. The first-order chi connectivity index (χ1) is 15.8. The number of hydrogen-bond donors (Lipinski definition) is 1. The molecule has 2 aromatic carbocycles. The number of halogens is 1. The Bertz CT molecular complexity index is 1310. The van der Waals surface area contributed by atoms with Gasteiger partial charge in [0.15, 0.2) is 5.78 Å². The summed E-state index contributed by atoms with van der Waals surface area (Å²) in [7, 11) is 0. The highest BCUT2D eigenvalue weighted by molar-refractivity contribution is 5.94. The first-order valence-electron chi connectivity index (χ1n) is 10.6. The van der Waals surface area contributed by atoms with Crippen molar-refractivity contribution in [2.45, 2.75) is 13.5 Å². The van der Waals surface area contributed by atoms with Gasteiger partial charge in [0.05, 0.1) is 6.54 Å². The van der Waals surface area contributed by atoms with Gasteiger partial charge in [-0.05, 0) is 37.3 Å². The van der Waals surface area contributed by atoms with Crippen LogP contribution in [0, 0.1) is 5.82 Å². The number of aromatic amines is 1. The molecule has 0 unspecified atom stereocenters. The molecule has 1 N–H and O–H groups in total. The van der Waals surface area contributed by atoms with Crippen LogP contribution in [0.5, 0.6) is 0 Å². The molecule has 1 amide bonds. The van der Waals surface area contributed by atoms with Crippen molar-refractivity contribution in [2.75, 3.05) is 31.1 Å². The zero-order valence-electron chi connectivity index (χ0n) is 18.1. The highest BCUT2D eigenvalue weighted by Crippen LogP contribution is 2.18. The fourth-order valence-corrected chi connectivity index (χ4v) is 3.85. The molecular formula is C24H23FN4O4. The third-order valence-electron chi connectivity index (χ3n) is 5.78. The van der Waals surface area contributed by atoms with Crippen molar-refractivity contribution in [3.8, 4) is 0 Å². The van der Waals surface area contributed by atoms with Gasteiger partial charge in [-0.25, -0.2) is 9.18 Å². The third-order valence-corrected chi connectivity index (χ3v) is 5.78. The molecule has 0 atom stereocenters. The van der Waals surface area contributed by atoms with Crippen LogP contribution in [-0.4, -0.2) is 52.3 Å². The Labute approximate surface area is 188 Å². The average Bonchev–Trinajstić information content (AvgIpc) is 2.82. The molecular weight excluding hydrogens is 427 g/mol. The molecule has 1 fully saturated rings. The Hall–Kier alpha value is -4.01. The topological polar surface area (TPSA) is 95.5 Å². The molecule has 8 nitrogen and oxygen atoms in total. The van der Waals surface area contributed by atoms with Gasteiger partial charge in [0, 0.05) is 49.2 Å². The van der Waals surface area contributed by atoms with Crippen molar-refractivity contribution >= 4 is 17.4 Å². The van der Waals surface area contributed by atoms with Crippen molar-refractivity contribution in [2.24, 2.45) is 0 Å². The molecule has 1 aromatic heterocycles. The second kappa shape index (κ2) is 9.23. The summed E-state index contributed by atoms with van der Waals surface area (Å²) in [6.07, 6.45) is 1.12. The molecule has 33 heavy (non-hydrogen) atoms. The molecule has 1 aliphatic heterocycles. The maximum atomic E-state index is 14.0. The molecule has 0 spiro atoms. The van der Waals surface area contributed by atoms with E-state index in [-0.39, 0.29) is 23.5 Å². The van der Waals surface area contributed by atoms with Crippen molar-refractivity contribution in [1.29, 1.82) is 0 Å². The minimum atomic E-state index is -0.755. The minimum absolute atomic E-state index is 0.00136. The number of carbonyl (C=O) groups excluding carboxylic acids is 2. The number of piperazine rings is 1. The molecule has 1 saturated heterocycles. The predicted molar refractivity (Wildman–Crippen MR) is 121 cm³/mol. The predicted octanol–water partition coefficient (Wildman–Crippen LogP) is 1.89. The maximum Gasteiger partial charge on any atom is 0.328 e. The van der Waals surface area contributed by atoms with E-state index in [1.54, 1.807) is 23.1 Å². The summed E-state index contributed by atoms with van der Waals surface area (Å²) in [6, 6.07) is 13.1. The number of aromatic nitrogens is 2. The van der Waals surface area contributed by atoms with Crippen LogP contribution in [0.1, 0.15) is 33.2 Å². The zero-order chi connectivity index (χ0) is 23.5. The molecule has 4 rings (SSSR count). The molecule has 9 heteroatoms. The normalized spacial score (nSPS) is 13.8. The van der Waals surface area contributed by atoms with Gasteiger partial charge in [-0.3, -0.25) is 19.0 Å². The summed E-state index contributed by atoms with van der Waals surface area (Å²) in [5.41, 5.74) is 0.137. The van der Waals surface area contributed by atoms with E-state index in [0.29, 0.717) is 31.7 Å². The van der Waals surface area contributed by atoms with E-state index in [9.17, 15) is 23.6 Å². The van der Waals surface area contributed by atoms with E-state index in [0.717, 1.165) is 16.5 Å². The van der Waals surface area contributed by atoms with Crippen LogP contribution in [0.15, 0.2) is 64.3 Å². The fourth-order valence-electron chi connectivity index (χ4n) is 3.85. The number of nitrogens with one attached hydrogen (secondary N) is 1. The number of carbonyl (C=O) groups is 2. The highest BCUT2D eigenvalue weighted by Gasteiger charge is 2.25. The molecule has 1 aliphatic rings. The third kappa shape index (κ3) is 4.62. The Morgan fingerprint density at radius 3 is 2.27 bits per heavy atom. The number of hydrogen-bond acceptors (Lipinski definition) is 5. The number of benzene rings is 2. The molecule has 0 aliphatic carbocycles. The van der Waals surface area contributed by atoms with E-state index >= 15 is 0 Å². The summed E-state index contributed by atoms with van der Waals surface area (Å²) in [5, 5.41) is 0. The van der Waals surface area contributed by atoms with Gasteiger partial charge < -0.3 is 14.8 Å². The lowest BCUT2D eigenvalue weighted by Crippen LogP contribution is -2.50. The average molecular weight is 450 g/mol. The van der Waals surface area contributed by atoms with Crippen molar-refractivity contribution in [3.63, 3.8) is 0 Å². The lowest BCUT2D eigenvalue weighted by atomic mass is 10.1. The standard InChI is InChI=1S/C24H23FN4O4/c1-16(30)17-6-8-19(9-7-17)27-10-12-28(13-11-27)22(31)20-14-26-24(33)29(23(20)32)15-18-4-2-3-5-21(18)25/h2-9,14H,10-13,15H2,1H3,(H,26,33). The van der Waals surface area contributed by atoms with E-state index in [4.69, 9.17) is 0 Å². The minimum Gasteiger partial charge on any atom is -0.368 e. The Morgan fingerprint density at radius 2 is 1.64 bits per heavy atom. The van der Waals surface area contributed by atoms with Gasteiger partial charge >= 0.3 is 5.69 Å². The highest BCUT2D eigenvalue weighted by atomic mass is 19.1. The van der Waals surface area contributed by atoms with Crippen LogP contribution in [0.3, 0.4) is 0 Å². The smallest absolute Gasteiger partial charge is 0.328 e. The summed E-state index contributed by atoms with van der Waals surface area (Å²) >= 11 is 0. The summed E-state index contributed by atoms with van der Waals surface area (Å²) in [5.74, 6) is -1.02. The summed E-state index contributed by atoms with van der Waals surface area (Å²) in [6.45, 7) is 3.13. The second-order valence-electron chi connectivity index (χ2n) is 7.87. The van der Waals surface area contributed by atoms with Gasteiger partial charge in [-0.1, -0.05) is 18.2 Å². The van der Waals surface area contributed by atoms with Crippen molar-refractivity contribution in [1.82, 2.24) is 14.5 Å². The van der Waals surface area contributed by atoms with Gasteiger partial charge in [0.1, 0.15) is 11.4 Å². The summed E-state index contributed by atoms with van der Waals surface area (Å²) < 4.78 is 14.8. The van der Waals surface area contributed by atoms with Gasteiger partial charge in [0.2, 0.25) is 0 Å². The quantitative estimate of drug-likeness (QED) is 0.599. The van der Waals surface area contributed by atoms with Crippen LogP contribution in [0.25, 0.3) is 0 Å². The van der Waals surface area contributed by atoms with Gasteiger partial charge in [0.25, 0.3) is 11.5 Å². The van der Waals surface area contributed by atoms with E-state index in [2.05, 4.69) is 9.88 Å². The second-order valence-corrected chi connectivity index (χ2v) is 7.87. The SMILES string of the molecule is CC(=O)c1ccc(N2CCN(C(=O)c3c[nH]c(=O)n(Cc4ccccc4F)c3=O)CC2)cc1. The van der Waals surface area contributed by atoms with Crippen LogP contribution < -0.4 is 16.1 Å². The number of H-pyrrole nitrogens is 1. The lowest BCUT2D eigenvalue weighted by molar-refractivity contribution is 0.0743. The fraction of sp³-hybridized carbons (Fsp3) is 0.250. The Balaban J connectivity index is 1.49. The van der Waals surface area contributed by atoms with Crippen LogP contribution in [-0.2, 0) is 6.54 Å². The number of Topliss-reactive ketones (excluding diaryl/α,β-unsaturated/α-hetero) is 1. The number of amides is 1. The molecule has 0 bridgehead atoms. The molecule has 3 aromatic rings. The first kappa shape index (κ1) is 22.2. The monoisotopic (exact) mass is 450 g/mol. The van der Waals surface area contributed by atoms with Crippen LogP contribution in [0.4, 0.5) is 10.1 Å². The maximum absolute atomic E-state index is 14.0. The van der Waals surface area contributed by atoms with E-state index < -0.39 is 23.0 Å². The lowest BCUT2D eigenvalue weighted by Gasteiger charge is -2.36. The van der Waals surface area contributed by atoms with Crippen molar-refractivity contribution < 1.29 is 14.0 Å². The number of rotatable bonds is 5. The van der Waals surface area contributed by atoms with Gasteiger partial charge in [-0.2, -0.15) is 0 Å². The van der Waals surface area contributed by atoms with Gasteiger partial charge in [-0.15, -0.1) is 0 Å².